The molecule has 2 rings (SSSR count). The van der Waals surface area contributed by atoms with Crippen LogP contribution in [0.25, 0.3) is 11.4 Å². The molecule has 0 aliphatic carbocycles. The number of nitrogens with two attached hydrogens (primary N) is 1. The normalized spacial score (nSPS) is 10.4. The molecule has 0 atom stereocenters. The fourth-order valence-electron chi connectivity index (χ4n) is 1.60. The first-order chi connectivity index (χ1) is 8.67. The number of ether oxygens (including phenoxy) is 2. The van der Waals surface area contributed by atoms with Crippen molar-refractivity contribution in [1.82, 2.24) is 9.97 Å². The van der Waals surface area contributed by atoms with Gasteiger partial charge in [-0.2, -0.15) is 0 Å². The van der Waals surface area contributed by atoms with Crippen molar-refractivity contribution in [2.75, 3.05) is 14.2 Å². The molecule has 0 aliphatic heterocycles. The van der Waals surface area contributed by atoms with E-state index >= 15 is 0 Å². The predicted octanol–water partition coefficient (Wildman–Crippen LogP) is 2.32. The summed E-state index contributed by atoms with van der Waals surface area (Å²) in [5, 5.41) is 0. The van der Waals surface area contributed by atoms with E-state index < -0.39 is 0 Å². The van der Waals surface area contributed by atoms with E-state index in [0.717, 1.165) is 21.7 Å². The van der Waals surface area contributed by atoms with Crippen LogP contribution in [0.15, 0.2) is 22.8 Å². The molecule has 3 N–H and O–H groups in total. The van der Waals surface area contributed by atoms with Crippen molar-refractivity contribution in [3.8, 4) is 22.9 Å². The molecule has 0 bridgehead atoms. The molecule has 6 heteroatoms. The second-order valence-corrected chi connectivity index (χ2v) is 4.41. The minimum Gasteiger partial charge on any atom is -0.497 e. The summed E-state index contributed by atoms with van der Waals surface area (Å²) < 4.78 is 11.2. The Hall–Kier alpha value is -1.53. The molecule has 0 amide bonds. The highest BCUT2D eigenvalue weighted by atomic mass is 79.9. The lowest BCUT2D eigenvalue weighted by atomic mass is 10.2. The number of hydrogen-bond donors (Lipinski definition) is 2. The zero-order valence-corrected chi connectivity index (χ0v) is 11.7. The fourth-order valence-corrected chi connectivity index (χ4v) is 2.04. The van der Waals surface area contributed by atoms with Crippen molar-refractivity contribution in [2.45, 2.75) is 6.54 Å². The summed E-state index contributed by atoms with van der Waals surface area (Å²) >= 11 is 3.36. The molecule has 5 nitrogen and oxygen atoms in total. The van der Waals surface area contributed by atoms with Crippen LogP contribution < -0.4 is 15.2 Å². The highest BCUT2D eigenvalue weighted by Crippen LogP contribution is 2.29. The summed E-state index contributed by atoms with van der Waals surface area (Å²) in [6.07, 6.45) is 0. The Labute approximate surface area is 113 Å². The van der Waals surface area contributed by atoms with E-state index in [9.17, 15) is 0 Å². The number of nitrogens with one attached hydrogen (secondary N) is 1. The van der Waals surface area contributed by atoms with Crippen molar-refractivity contribution in [3.05, 3.63) is 28.5 Å². The molecule has 1 aromatic heterocycles. The van der Waals surface area contributed by atoms with Crippen molar-refractivity contribution >= 4 is 15.9 Å². The molecule has 0 spiro atoms. The zero-order chi connectivity index (χ0) is 13.1. The van der Waals surface area contributed by atoms with E-state index in [2.05, 4.69) is 25.9 Å². The summed E-state index contributed by atoms with van der Waals surface area (Å²) in [5.41, 5.74) is 7.34. The van der Waals surface area contributed by atoms with Gasteiger partial charge in [0.15, 0.2) is 0 Å². The van der Waals surface area contributed by atoms with Crippen molar-refractivity contribution in [1.29, 1.82) is 0 Å². The Kier molecular flexibility index (Phi) is 3.88. The second kappa shape index (κ2) is 5.41. The molecule has 1 aromatic carbocycles. The van der Waals surface area contributed by atoms with E-state index in [1.807, 2.05) is 18.2 Å². The number of methoxy groups -OCH3 is 2. The third-order valence-electron chi connectivity index (χ3n) is 2.56. The molecule has 1 heterocycles. The summed E-state index contributed by atoms with van der Waals surface area (Å²) in [6, 6.07) is 5.58. The first kappa shape index (κ1) is 12.9. The van der Waals surface area contributed by atoms with E-state index in [1.54, 1.807) is 14.2 Å². The summed E-state index contributed by atoms with van der Waals surface area (Å²) in [5.74, 6) is 2.15. The van der Waals surface area contributed by atoms with Crippen LogP contribution in [0.4, 0.5) is 0 Å². The van der Waals surface area contributed by atoms with Crippen LogP contribution in [0, 0.1) is 0 Å². The maximum Gasteiger partial charge on any atom is 0.139 e. The zero-order valence-electron chi connectivity index (χ0n) is 10.2. The number of nitrogens with zero attached hydrogens (tertiary/aromatic N) is 1. The smallest absolute Gasteiger partial charge is 0.139 e. The lowest BCUT2D eigenvalue weighted by molar-refractivity contribution is 0.394. The molecule has 0 saturated heterocycles. The van der Waals surface area contributed by atoms with Gasteiger partial charge < -0.3 is 20.2 Å². The van der Waals surface area contributed by atoms with E-state index in [0.29, 0.717) is 18.0 Å². The summed E-state index contributed by atoms with van der Waals surface area (Å²) in [4.78, 5) is 7.53. The first-order valence-electron chi connectivity index (χ1n) is 5.35. The minimum atomic E-state index is 0.398. The lowest BCUT2D eigenvalue weighted by Crippen LogP contribution is -1.97. The number of benzene rings is 1. The molecule has 18 heavy (non-hydrogen) atoms. The van der Waals surface area contributed by atoms with Gasteiger partial charge in [-0.15, -0.1) is 0 Å². The Balaban J connectivity index is 2.48. The Morgan fingerprint density at radius 3 is 2.28 bits per heavy atom. The third kappa shape index (κ3) is 2.49. The van der Waals surface area contributed by atoms with Crippen molar-refractivity contribution < 1.29 is 9.47 Å². The number of H-pyrrole nitrogens is 1. The van der Waals surface area contributed by atoms with Crippen LogP contribution in [0.3, 0.4) is 0 Å². The SMILES string of the molecule is COc1cc(OC)cc(-c2nc(Br)c(CN)[nH]2)c1. The minimum absolute atomic E-state index is 0.398. The second-order valence-electron chi connectivity index (χ2n) is 3.66. The molecule has 0 saturated carbocycles. The molecule has 0 unspecified atom stereocenters. The highest BCUT2D eigenvalue weighted by Gasteiger charge is 2.10. The molecular formula is C12H14BrN3O2. The Bertz CT molecular complexity index is 532. The first-order valence-corrected chi connectivity index (χ1v) is 6.15. The molecular weight excluding hydrogens is 298 g/mol. The van der Waals surface area contributed by atoms with Crippen LogP contribution in [0.1, 0.15) is 5.69 Å². The monoisotopic (exact) mass is 311 g/mol. The maximum atomic E-state index is 5.60. The lowest BCUT2D eigenvalue weighted by Gasteiger charge is -2.06. The van der Waals surface area contributed by atoms with Gasteiger partial charge in [0.05, 0.1) is 19.9 Å². The predicted molar refractivity (Wildman–Crippen MR) is 72.7 cm³/mol. The molecule has 0 fully saturated rings. The molecule has 0 radical (unpaired) electrons. The van der Waals surface area contributed by atoms with E-state index in [1.165, 1.54) is 0 Å². The van der Waals surface area contributed by atoms with E-state index in [-0.39, 0.29) is 0 Å². The van der Waals surface area contributed by atoms with Crippen LogP contribution >= 0.6 is 15.9 Å². The highest BCUT2D eigenvalue weighted by molar-refractivity contribution is 9.10. The van der Waals surface area contributed by atoms with Gasteiger partial charge in [-0.1, -0.05) is 0 Å². The van der Waals surface area contributed by atoms with Crippen molar-refractivity contribution in [3.63, 3.8) is 0 Å². The van der Waals surface area contributed by atoms with Crippen LogP contribution in [-0.4, -0.2) is 24.2 Å². The van der Waals surface area contributed by atoms with Crippen molar-refractivity contribution in [2.24, 2.45) is 5.73 Å². The van der Waals surface area contributed by atoms with Gasteiger partial charge in [-0.25, -0.2) is 4.98 Å². The Morgan fingerprint density at radius 1 is 1.22 bits per heavy atom. The van der Waals surface area contributed by atoms with Gasteiger partial charge in [0, 0.05) is 18.2 Å². The number of aromatic amines is 1. The van der Waals surface area contributed by atoms with E-state index in [4.69, 9.17) is 15.2 Å². The quantitative estimate of drug-likeness (QED) is 0.908. The number of halogens is 1. The number of imidazole rings is 1. The molecule has 0 aliphatic rings. The largest absolute Gasteiger partial charge is 0.497 e. The molecule has 96 valence electrons. The number of rotatable bonds is 4. The topological polar surface area (TPSA) is 73.2 Å². The van der Waals surface area contributed by atoms with Gasteiger partial charge in [0.25, 0.3) is 0 Å². The molecule has 2 aromatic rings. The van der Waals surface area contributed by atoms with Gasteiger partial charge >= 0.3 is 0 Å². The summed E-state index contributed by atoms with van der Waals surface area (Å²) in [7, 11) is 3.23. The summed E-state index contributed by atoms with van der Waals surface area (Å²) in [6.45, 7) is 0.398. The standard InChI is InChI=1S/C12H14BrN3O2/c1-17-8-3-7(4-9(5-8)18-2)12-15-10(6-14)11(13)16-12/h3-5H,6,14H2,1-2H3,(H,15,16). The number of aromatic nitrogens is 2. The maximum absolute atomic E-state index is 5.60. The van der Waals surface area contributed by atoms with Gasteiger partial charge in [-0.05, 0) is 28.1 Å². The fraction of sp³-hybridized carbons (Fsp3) is 0.250. The van der Waals surface area contributed by atoms with Crippen LogP contribution in [-0.2, 0) is 6.54 Å². The Morgan fingerprint density at radius 2 is 1.83 bits per heavy atom. The van der Waals surface area contributed by atoms with Crippen LogP contribution in [0.2, 0.25) is 0 Å². The van der Waals surface area contributed by atoms with Crippen LogP contribution in [0.5, 0.6) is 11.5 Å². The number of hydrogen-bond acceptors (Lipinski definition) is 4. The van der Waals surface area contributed by atoms with Gasteiger partial charge in [-0.3, -0.25) is 0 Å². The third-order valence-corrected chi connectivity index (χ3v) is 3.21. The van der Waals surface area contributed by atoms with Gasteiger partial charge in [0.1, 0.15) is 21.9 Å². The van der Waals surface area contributed by atoms with Gasteiger partial charge in [0.2, 0.25) is 0 Å². The average Bonchev–Trinajstić information content (AvgIpc) is 2.79. The average molecular weight is 312 g/mol.